The van der Waals surface area contributed by atoms with E-state index in [1.807, 2.05) is 72.8 Å². The van der Waals surface area contributed by atoms with Gasteiger partial charge in [-0.25, -0.2) is 4.99 Å². The van der Waals surface area contributed by atoms with E-state index in [0.29, 0.717) is 31.1 Å². The maximum Gasteiger partial charge on any atom is 0.259 e. The lowest BCUT2D eigenvalue weighted by molar-refractivity contribution is -0.126. The SMILES string of the molecule is CN1C(=O)[C@]2(Cc3ccccc3Br)N=C(c3ccc(OCCCO)cc3)O[C@@H]2c2ccccc21. The lowest BCUT2D eigenvalue weighted by atomic mass is 9.78. The molecule has 0 fully saturated rings. The fraction of sp³-hybridized carbons (Fsp3) is 0.259. The molecule has 0 unspecified atom stereocenters. The molecule has 0 saturated heterocycles. The van der Waals surface area contributed by atoms with Gasteiger partial charge in [-0.3, -0.25) is 4.79 Å². The van der Waals surface area contributed by atoms with Crippen LogP contribution in [0.4, 0.5) is 5.69 Å². The van der Waals surface area contributed by atoms with Gasteiger partial charge in [0.1, 0.15) is 5.75 Å². The first kappa shape index (κ1) is 22.6. The van der Waals surface area contributed by atoms with Gasteiger partial charge >= 0.3 is 0 Å². The van der Waals surface area contributed by atoms with Crippen LogP contribution < -0.4 is 9.64 Å². The second-order valence-corrected chi connectivity index (χ2v) is 9.33. The number of nitrogens with zero attached hydrogens (tertiary/aromatic N) is 2. The predicted molar refractivity (Wildman–Crippen MR) is 134 cm³/mol. The Labute approximate surface area is 207 Å². The van der Waals surface area contributed by atoms with Crippen LogP contribution in [0.15, 0.2) is 82.3 Å². The quantitative estimate of drug-likeness (QED) is 0.459. The molecule has 34 heavy (non-hydrogen) atoms. The van der Waals surface area contributed by atoms with Gasteiger partial charge in [-0.05, 0) is 42.0 Å². The van der Waals surface area contributed by atoms with Gasteiger partial charge in [0.2, 0.25) is 5.90 Å². The van der Waals surface area contributed by atoms with Gasteiger partial charge < -0.3 is 19.5 Å². The van der Waals surface area contributed by atoms with Crippen molar-refractivity contribution in [2.45, 2.75) is 24.5 Å². The molecule has 3 aromatic carbocycles. The van der Waals surface area contributed by atoms with Crippen LogP contribution >= 0.6 is 15.9 Å². The largest absolute Gasteiger partial charge is 0.494 e. The van der Waals surface area contributed by atoms with Crippen molar-refractivity contribution in [2.75, 3.05) is 25.2 Å². The third kappa shape index (κ3) is 3.89. The number of para-hydroxylation sites is 1. The first-order valence-corrected chi connectivity index (χ1v) is 12.0. The fourth-order valence-electron chi connectivity index (χ4n) is 4.59. The molecule has 0 spiro atoms. The average Bonchev–Trinajstić information content (AvgIpc) is 3.25. The third-order valence-electron chi connectivity index (χ3n) is 6.31. The van der Waals surface area contributed by atoms with Gasteiger partial charge in [-0.1, -0.05) is 52.3 Å². The number of aliphatic imine (C=N–C) groups is 1. The number of benzene rings is 3. The molecule has 2 aliphatic heterocycles. The number of carbonyl (C=O) groups is 1. The molecular formula is C27H25BrN2O4. The summed E-state index contributed by atoms with van der Waals surface area (Å²) in [6, 6.07) is 23.2. The van der Waals surface area contributed by atoms with Crippen LogP contribution in [0.25, 0.3) is 0 Å². The minimum atomic E-state index is -1.11. The Morgan fingerprint density at radius 2 is 1.82 bits per heavy atom. The molecule has 6 nitrogen and oxygen atoms in total. The van der Waals surface area contributed by atoms with Crippen molar-refractivity contribution in [1.29, 1.82) is 0 Å². The maximum atomic E-state index is 13.9. The number of rotatable bonds is 7. The summed E-state index contributed by atoms with van der Waals surface area (Å²) >= 11 is 3.63. The first-order valence-electron chi connectivity index (χ1n) is 11.2. The third-order valence-corrected chi connectivity index (χ3v) is 7.08. The Hall–Kier alpha value is -3.16. The molecule has 1 N–H and O–H groups in total. The zero-order chi connectivity index (χ0) is 23.7. The standard InChI is InChI=1S/C27H25BrN2O4/c1-30-23-10-5-3-8-21(23)24-27(26(30)32,17-19-7-2-4-9-22(19)28)29-25(34-24)18-11-13-20(14-12-18)33-16-6-15-31/h2-5,7-14,24,31H,6,15-17H2,1H3/t24-,27-/m1/s1. The van der Waals surface area contributed by atoms with Crippen LogP contribution in [-0.2, 0) is 16.0 Å². The first-order chi connectivity index (χ1) is 16.5. The minimum absolute atomic E-state index is 0.0910. The monoisotopic (exact) mass is 520 g/mol. The molecule has 0 saturated carbocycles. The Balaban J connectivity index is 1.56. The average molecular weight is 521 g/mol. The number of halogens is 1. The highest BCUT2D eigenvalue weighted by Gasteiger charge is 2.58. The number of aliphatic hydroxyl groups is 1. The van der Waals surface area contributed by atoms with Gasteiger partial charge in [-0.15, -0.1) is 0 Å². The summed E-state index contributed by atoms with van der Waals surface area (Å²) in [5.41, 5.74) is 2.44. The van der Waals surface area contributed by atoms with Crippen molar-refractivity contribution >= 4 is 33.4 Å². The van der Waals surface area contributed by atoms with E-state index in [1.54, 1.807) is 11.9 Å². The minimum Gasteiger partial charge on any atom is -0.494 e. The van der Waals surface area contributed by atoms with Crippen molar-refractivity contribution in [3.05, 3.63) is 94.0 Å². The topological polar surface area (TPSA) is 71.4 Å². The molecule has 0 radical (unpaired) electrons. The summed E-state index contributed by atoms with van der Waals surface area (Å²) in [6.07, 6.45) is 0.448. The number of hydrogen-bond donors (Lipinski definition) is 1. The van der Waals surface area contributed by atoms with Crippen molar-refractivity contribution in [2.24, 2.45) is 4.99 Å². The molecule has 2 atom stereocenters. The molecule has 2 aliphatic rings. The zero-order valence-corrected chi connectivity index (χ0v) is 20.4. The van der Waals surface area contributed by atoms with Crippen molar-refractivity contribution in [1.82, 2.24) is 0 Å². The fourth-order valence-corrected chi connectivity index (χ4v) is 5.02. The summed E-state index contributed by atoms with van der Waals surface area (Å²) in [5, 5.41) is 8.94. The molecule has 2 heterocycles. The predicted octanol–water partition coefficient (Wildman–Crippen LogP) is 4.69. The van der Waals surface area contributed by atoms with Crippen molar-refractivity contribution < 1.29 is 19.4 Å². The molecule has 0 bridgehead atoms. The Kier molecular flexibility index (Phi) is 6.15. The van der Waals surface area contributed by atoms with E-state index in [9.17, 15) is 4.79 Å². The molecular weight excluding hydrogens is 496 g/mol. The van der Waals surface area contributed by atoms with E-state index in [0.717, 1.165) is 26.9 Å². The van der Waals surface area contributed by atoms with E-state index in [-0.39, 0.29) is 12.5 Å². The number of anilines is 1. The van der Waals surface area contributed by atoms with Crippen LogP contribution in [0.3, 0.4) is 0 Å². The van der Waals surface area contributed by atoms with Crippen LogP contribution in [0.1, 0.15) is 29.2 Å². The van der Waals surface area contributed by atoms with E-state index >= 15 is 0 Å². The molecule has 5 rings (SSSR count). The summed E-state index contributed by atoms with van der Waals surface area (Å²) in [4.78, 5) is 20.6. The molecule has 0 aliphatic carbocycles. The lowest BCUT2D eigenvalue weighted by Gasteiger charge is -2.40. The molecule has 7 heteroatoms. The Bertz CT molecular complexity index is 1240. The van der Waals surface area contributed by atoms with Crippen LogP contribution in [0.2, 0.25) is 0 Å². The normalized spacial score (nSPS) is 20.9. The maximum absolute atomic E-state index is 13.9. The highest BCUT2D eigenvalue weighted by Crippen LogP contribution is 2.50. The highest BCUT2D eigenvalue weighted by atomic mass is 79.9. The van der Waals surface area contributed by atoms with Gasteiger partial charge in [-0.2, -0.15) is 0 Å². The number of carbonyl (C=O) groups excluding carboxylic acids is 1. The van der Waals surface area contributed by atoms with Gasteiger partial charge in [0, 0.05) is 42.1 Å². The second kappa shape index (κ2) is 9.24. The Morgan fingerprint density at radius 3 is 2.59 bits per heavy atom. The van der Waals surface area contributed by atoms with E-state index in [4.69, 9.17) is 19.6 Å². The van der Waals surface area contributed by atoms with Gasteiger partial charge in [0.15, 0.2) is 11.6 Å². The highest BCUT2D eigenvalue weighted by molar-refractivity contribution is 9.10. The Morgan fingerprint density at radius 1 is 1.09 bits per heavy atom. The smallest absolute Gasteiger partial charge is 0.259 e. The van der Waals surface area contributed by atoms with Gasteiger partial charge in [0.25, 0.3) is 5.91 Å². The summed E-state index contributed by atoms with van der Waals surface area (Å²) in [7, 11) is 1.80. The van der Waals surface area contributed by atoms with Crippen molar-refractivity contribution in [3.63, 3.8) is 0 Å². The van der Waals surface area contributed by atoms with Gasteiger partial charge in [0.05, 0.1) is 12.3 Å². The number of fused-ring (bicyclic) bond motifs is 3. The van der Waals surface area contributed by atoms with E-state index in [1.165, 1.54) is 0 Å². The molecule has 1 amide bonds. The number of likely N-dealkylation sites (N-methyl/N-ethyl adjacent to an activating group) is 1. The second-order valence-electron chi connectivity index (χ2n) is 8.48. The zero-order valence-electron chi connectivity index (χ0n) is 18.8. The summed E-state index contributed by atoms with van der Waals surface area (Å²) in [6.45, 7) is 0.537. The number of aliphatic hydroxyl groups excluding tert-OH is 1. The van der Waals surface area contributed by atoms with Crippen LogP contribution in [-0.4, -0.2) is 42.7 Å². The van der Waals surface area contributed by atoms with Crippen LogP contribution in [0, 0.1) is 0 Å². The lowest BCUT2D eigenvalue weighted by Crippen LogP contribution is -2.54. The number of amides is 1. The van der Waals surface area contributed by atoms with Crippen molar-refractivity contribution in [3.8, 4) is 5.75 Å². The van der Waals surface area contributed by atoms with E-state index < -0.39 is 11.6 Å². The molecule has 174 valence electrons. The summed E-state index contributed by atoms with van der Waals surface area (Å²) in [5.74, 6) is 1.06. The summed E-state index contributed by atoms with van der Waals surface area (Å²) < 4.78 is 13.0. The molecule has 3 aromatic rings. The molecule has 0 aromatic heterocycles. The number of ether oxygens (including phenoxy) is 2. The van der Waals surface area contributed by atoms with Crippen LogP contribution in [0.5, 0.6) is 5.75 Å². The van der Waals surface area contributed by atoms with E-state index in [2.05, 4.69) is 15.9 Å². The number of hydrogen-bond acceptors (Lipinski definition) is 5.